The molecule has 2 aliphatic rings. The Labute approximate surface area is 182 Å². The van der Waals surface area contributed by atoms with Crippen LogP contribution in [0.25, 0.3) is 0 Å². The van der Waals surface area contributed by atoms with Crippen molar-refractivity contribution in [3.05, 3.63) is 68.5 Å². The van der Waals surface area contributed by atoms with E-state index >= 15 is 0 Å². The fourth-order valence-electron chi connectivity index (χ4n) is 4.68. The first-order valence-electron chi connectivity index (χ1n) is 11.2. The predicted octanol–water partition coefficient (Wildman–Crippen LogP) is 2.67. The number of aromatic nitrogens is 5. The van der Waals surface area contributed by atoms with Gasteiger partial charge in [-0.1, -0.05) is 6.07 Å². The highest BCUT2D eigenvalue weighted by Gasteiger charge is 2.40. The molecular weight excluding hydrogens is 390 g/mol. The van der Waals surface area contributed by atoms with Gasteiger partial charge >= 0.3 is 0 Å². The molecule has 0 amide bonds. The molecule has 0 radical (unpaired) electrons. The summed E-state index contributed by atoms with van der Waals surface area (Å²) in [6.07, 6.45) is 6.00. The van der Waals surface area contributed by atoms with E-state index < -0.39 is 0 Å². The summed E-state index contributed by atoms with van der Waals surface area (Å²) < 4.78 is 9.27. The van der Waals surface area contributed by atoms with Gasteiger partial charge in [0.25, 0.3) is 5.56 Å². The molecule has 3 aromatic heterocycles. The summed E-state index contributed by atoms with van der Waals surface area (Å²) in [7, 11) is 3.62. The molecule has 0 unspecified atom stereocenters. The monoisotopic (exact) mass is 419 g/mol. The van der Waals surface area contributed by atoms with Crippen LogP contribution in [0.3, 0.4) is 0 Å². The van der Waals surface area contributed by atoms with Gasteiger partial charge in [-0.25, -0.2) is 4.68 Å². The first kappa shape index (κ1) is 20.0. The summed E-state index contributed by atoms with van der Waals surface area (Å²) in [6.45, 7) is 2.58. The molecule has 1 saturated carbocycles. The van der Waals surface area contributed by atoms with Crippen LogP contribution in [0.2, 0.25) is 0 Å². The molecule has 0 aliphatic heterocycles. The van der Waals surface area contributed by atoms with Crippen molar-refractivity contribution in [3.8, 4) is 5.88 Å². The maximum Gasteiger partial charge on any atom is 0.269 e. The van der Waals surface area contributed by atoms with Crippen LogP contribution >= 0.6 is 0 Å². The van der Waals surface area contributed by atoms with Gasteiger partial charge in [0.1, 0.15) is 0 Å². The third-order valence-corrected chi connectivity index (χ3v) is 6.56. The Bertz CT molecular complexity index is 1180. The number of pyridine rings is 1. The number of fused-ring (bicyclic) bond motifs is 1. The largest absolute Gasteiger partial charge is 0.476 e. The summed E-state index contributed by atoms with van der Waals surface area (Å²) >= 11 is 0. The highest BCUT2D eigenvalue weighted by molar-refractivity contribution is 5.30. The summed E-state index contributed by atoms with van der Waals surface area (Å²) in [5.41, 5.74) is 6.66. The normalized spacial score (nSPS) is 19.5. The van der Waals surface area contributed by atoms with E-state index in [1.165, 1.54) is 34.5 Å². The lowest BCUT2D eigenvalue weighted by Gasteiger charge is -2.09. The summed E-state index contributed by atoms with van der Waals surface area (Å²) in [5.74, 6) is 1.46. The summed E-state index contributed by atoms with van der Waals surface area (Å²) in [5, 5.41) is 8.68. The van der Waals surface area contributed by atoms with Gasteiger partial charge in [0, 0.05) is 54.6 Å². The summed E-state index contributed by atoms with van der Waals surface area (Å²) in [6, 6.07) is 8.31. The van der Waals surface area contributed by atoms with E-state index in [1.54, 1.807) is 13.1 Å². The van der Waals surface area contributed by atoms with Crippen LogP contribution in [0, 0.1) is 12.8 Å². The fourth-order valence-corrected chi connectivity index (χ4v) is 4.68. The number of rotatable bonds is 7. The SMILES string of the molecule is Cc1cc(CCc2cc(OC[C@H]3C[C@@H]3c3ccc4c(n3)CCC4)nn(C)c2=O)n(C)n1. The maximum absolute atomic E-state index is 12.5. The number of ether oxygens (including phenoxy) is 1. The molecule has 2 atom stereocenters. The molecule has 1 fully saturated rings. The van der Waals surface area contributed by atoms with Crippen molar-refractivity contribution in [3.63, 3.8) is 0 Å². The van der Waals surface area contributed by atoms with E-state index in [1.807, 2.05) is 18.7 Å². The minimum atomic E-state index is -0.0714. The molecule has 3 aromatic rings. The van der Waals surface area contributed by atoms with Crippen LogP contribution in [0.15, 0.2) is 29.1 Å². The Hall–Kier alpha value is -2.96. The number of hydrogen-bond acceptors (Lipinski definition) is 5. The van der Waals surface area contributed by atoms with Gasteiger partial charge < -0.3 is 4.74 Å². The second-order valence-electron chi connectivity index (χ2n) is 8.95. The van der Waals surface area contributed by atoms with Crippen molar-refractivity contribution >= 4 is 0 Å². The van der Waals surface area contributed by atoms with Gasteiger partial charge in [0.05, 0.1) is 12.3 Å². The van der Waals surface area contributed by atoms with E-state index in [-0.39, 0.29) is 5.56 Å². The van der Waals surface area contributed by atoms with Gasteiger partial charge in [-0.15, -0.1) is 5.10 Å². The van der Waals surface area contributed by atoms with Crippen molar-refractivity contribution in [1.29, 1.82) is 0 Å². The maximum atomic E-state index is 12.5. The van der Waals surface area contributed by atoms with Gasteiger partial charge in [-0.3, -0.25) is 14.5 Å². The van der Waals surface area contributed by atoms with Crippen LogP contribution in [0.4, 0.5) is 0 Å². The molecule has 0 bridgehead atoms. The number of hydrogen-bond donors (Lipinski definition) is 0. The van der Waals surface area contributed by atoms with Crippen molar-refractivity contribution in [2.24, 2.45) is 20.0 Å². The highest BCUT2D eigenvalue weighted by Crippen LogP contribution is 2.47. The minimum Gasteiger partial charge on any atom is -0.476 e. The molecule has 3 heterocycles. The van der Waals surface area contributed by atoms with E-state index in [9.17, 15) is 4.79 Å². The van der Waals surface area contributed by atoms with Crippen LogP contribution in [0.1, 0.15) is 52.7 Å². The molecule has 0 spiro atoms. The predicted molar refractivity (Wildman–Crippen MR) is 117 cm³/mol. The van der Waals surface area contributed by atoms with Crippen LogP contribution in [0.5, 0.6) is 5.88 Å². The zero-order chi connectivity index (χ0) is 21.5. The van der Waals surface area contributed by atoms with E-state index in [2.05, 4.69) is 28.4 Å². The van der Waals surface area contributed by atoms with Crippen LogP contribution < -0.4 is 10.3 Å². The molecule has 2 aliphatic carbocycles. The standard InChI is InChI=1S/C24H29N5O2/c1-15-11-19(28(2)26-15)9-7-17-13-23(27-29(3)24(17)30)31-14-18-12-20(18)22-10-8-16-5-4-6-21(16)25-22/h8,10-11,13,18,20H,4-7,9,12,14H2,1-3H3/t18-,20+/m1/s1. The van der Waals surface area contributed by atoms with Crippen molar-refractivity contribution in [2.75, 3.05) is 6.61 Å². The van der Waals surface area contributed by atoms with E-state index in [0.717, 1.165) is 36.2 Å². The lowest BCUT2D eigenvalue weighted by Crippen LogP contribution is -2.24. The zero-order valence-electron chi connectivity index (χ0n) is 18.5. The lowest BCUT2D eigenvalue weighted by atomic mass is 10.1. The molecule has 5 rings (SSSR count). The minimum absolute atomic E-state index is 0.0714. The van der Waals surface area contributed by atoms with E-state index in [0.29, 0.717) is 30.7 Å². The third kappa shape index (κ3) is 4.13. The van der Waals surface area contributed by atoms with Crippen molar-refractivity contribution < 1.29 is 4.74 Å². The van der Waals surface area contributed by atoms with Crippen molar-refractivity contribution in [1.82, 2.24) is 24.5 Å². The first-order valence-corrected chi connectivity index (χ1v) is 11.2. The number of aryl methyl sites for hydroxylation is 7. The average Bonchev–Trinajstić information content (AvgIpc) is 3.24. The Morgan fingerprint density at radius 3 is 2.77 bits per heavy atom. The first-order chi connectivity index (χ1) is 15.0. The van der Waals surface area contributed by atoms with Gasteiger partial charge in [0.15, 0.2) is 0 Å². The smallest absolute Gasteiger partial charge is 0.269 e. The number of nitrogens with zero attached hydrogens (tertiary/aromatic N) is 5. The molecule has 0 aromatic carbocycles. The molecule has 0 N–H and O–H groups in total. The Morgan fingerprint density at radius 1 is 1.10 bits per heavy atom. The molecular formula is C24H29N5O2. The van der Waals surface area contributed by atoms with Crippen molar-refractivity contribution in [2.45, 2.75) is 51.4 Å². The molecule has 7 nitrogen and oxygen atoms in total. The van der Waals surface area contributed by atoms with E-state index in [4.69, 9.17) is 9.72 Å². The van der Waals surface area contributed by atoms with Gasteiger partial charge in [0.2, 0.25) is 5.88 Å². The second-order valence-corrected chi connectivity index (χ2v) is 8.95. The average molecular weight is 420 g/mol. The van der Waals surface area contributed by atoms with Crippen LogP contribution in [-0.2, 0) is 39.8 Å². The molecule has 162 valence electrons. The summed E-state index contributed by atoms with van der Waals surface area (Å²) in [4.78, 5) is 17.4. The lowest BCUT2D eigenvalue weighted by molar-refractivity contribution is 0.277. The highest BCUT2D eigenvalue weighted by atomic mass is 16.5. The molecule has 31 heavy (non-hydrogen) atoms. The van der Waals surface area contributed by atoms with Gasteiger partial charge in [-0.05, 0) is 63.1 Å². The third-order valence-electron chi connectivity index (χ3n) is 6.56. The Kier molecular flexibility index (Phi) is 5.12. The zero-order valence-corrected chi connectivity index (χ0v) is 18.5. The second kappa shape index (κ2) is 7.94. The Morgan fingerprint density at radius 2 is 1.97 bits per heavy atom. The molecule has 0 saturated heterocycles. The molecule has 7 heteroatoms. The van der Waals surface area contributed by atoms with Gasteiger partial charge in [-0.2, -0.15) is 5.10 Å². The quantitative estimate of drug-likeness (QED) is 0.589. The topological polar surface area (TPSA) is 74.8 Å². The fraction of sp³-hybridized carbons (Fsp3) is 0.500. The Balaban J connectivity index is 1.22. The van der Waals surface area contributed by atoms with Crippen LogP contribution in [-0.4, -0.2) is 31.2 Å².